The highest BCUT2D eigenvalue weighted by Gasteiger charge is 2.56. The zero-order valence-corrected chi connectivity index (χ0v) is 32.5. The summed E-state index contributed by atoms with van der Waals surface area (Å²) in [7, 11) is 5.73. The van der Waals surface area contributed by atoms with E-state index in [1.54, 1.807) is 7.11 Å². The Hall–Kier alpha value is -3.72. The van der Waals surface area contributed by atoms with E-state index in [0.717, 1.165) is 41.6 Å². The number of carbonyl (C=O) groups is 2. The van der Waals surface area contributed by atoms with Crippen LogP contribution in [0.4, 0.5) is 0 Å². The van der Waals surface area contributed by atoms with Gasteiger partial charge < -0.3 is 25.4 Å². The normalized spacial score (nSPS) is 25.8. The first-order valence-electron chi connectivity index (χ1n) is 19.3. The number of hydrogen-bond acceptors (Lipinski definition) is 6. The van der Waals surface area contributed by atoms with Crippen molar-refractivity contribution in [1.29, 1.82) is 0 Å². The summed E-state index contributed by atoms with van der Waals surface area (Å²) in [6.45, 7) is 13.1. The van der Waals surface area contributed by atoms with E-state index in [1.807, 2.05) is 62.6 Å². The van der Waals surface area contributed by atoms with Gasteiger partial charge in [-0.25, -0.2) is 0 Å². The fraction of sp³-hybridized carbons (Fsp3) is 0.545. The molecule has 0 spiro atoms. The van der Waals surface area contributed by atoms with E-state index in [0.29, 0.717) is 54.0 Å². The predicted octanol–water partition coefficient (Wildman–Crippen LogP) is 6.51. The summed E-state index contributed by atoms with van der Waals surface area (Å²) < 4.78 is 6.12. The number of nitrogens with one attached hydrogen (secondary N) is 2. The van der Waals surface area contributed by atoms with Crippen LogP contribution in [-0.4, -0.2) is 85.2 Å². The monoisotopic (exact) mass is 708 g/mol. The minimum absolute atomic E-state index is 0.0614. The zero-order valence-electron chi connectivity index (χ0n) is 32.5. The third-order valence-electron chi connectivity index (χ3n) is 12.5. The number of ether oxygens (including phenoxy) is 1. The molecule has 8 heteroatoms. The molecule has 280 valence electrons. The van der Waals surface area contributed by atoms with Crippen molar-refractivity contribution >= 4 is 11.8 Å². The lowest BCUT2D eigenvalue weighted by Crippen LogP contribution is -2.62. The lowest BCUT2D eigenvalue weighted by molar-refractivity contribution is -0.139. The number of fused-ring (bicyclic) bond motifs is 2. The number of likely N-dealkylation sites (tertiary alicyclic amines) is 1. The van der Waals surface area contributed by atoms with Crippen molar-refractivity contribution in [2.24, 2.45) is 23.2 Å². The Morgan fingerprint density at radius 1 is 1.04 bits per heavy atom. The number of benzene rings is 3. The summed E-state index contributed by atoms with van der Waals surface area (Å²) in [5.41, 5.74) is 5.95. The van der Waals surface area contributed by atoms with Gasteiger partial charge in [0.15, 0.2) is 0 Å². The highest BCUT2D eigenvalue weighted by atomic mass is 16.5. The lowest BCUT2D eigenvalue weighted by Gasteiger charge is -2.62. The van der Waals surface area contributed by atoms with Crippen molar-refractivity contribution in [3.05, 3.63) is 89.0 Å². The summed E-state index contributed by atoms with van der Waals surface area (Å²) in [5.74, 6) is 2.44. The number of nitrogens with zero attached hydrogens (tertiary/aromatic N) is 2. The molecule has 7 rings (SSSR count). The summed E-state index contributed by atoms with van der Waals surface area (Å²) in [4.78, 5) is 32.0. The van der Waals surface area contributed by atoms with Gasteiger partial charge in [0, 0.05) is 48.4 Å². The molecule has 8 nitrogen and oxygen atoms in total. The van der Waals surface area contributed by atoms with Crippen LogP contribution >= 0.6 is 0 Å². The molecule has 3 aromatic carbocycles. The number of rotatable bonds is 13. The van der Waals surface area contributed by atoms with Gasteiger partial charge >= 0.3 is 0 Å². The molecule has 1 heterocycles. The first-order valence-corrected chi connectivity index (χ1v) is 19.3. The number of aliphatic hydroxyl groups excluding tert-OH is 1. The average Bonchev–Trinajstić information content (AvgIpc) is 3.47. The summed E-state index contributed by atoms with van der Waals surface area (Å²) in [5, 5.41) is 17.8. The molecule has 7 atom stereocenters. The van der Waals surface area contributed by atoms with E-state index in [4.69, 9.17) is 4.74 Å². The summed E-state index contributed by atoms with van der Waals surface area (Å²) >= 11 is 0. The number of amides is 2. The second kappa shape index (κ2) is 15.7. The maximum absolute atomic E-state index is 14.0. The molecule has 1 aliphatic heterocycles. The molecule has 0 aromatic heterocycles. The van der Waals surface area contributed by atoms with Crippen LogP contribution in [0, 0.1) is 23.2 Å². The second-order valence-electron chi connectivity index (χ2n) is 17.0. The van der Waals surface area contributed by atoms with Gasteiger partial charge in [-0.05, 0) is 97.7 Å². The molecular weight excluding hydrogens is 649 g/mol. The minimum Gasteiger partial charge on any atom is -0.496 e. The van der Waals surface area contributed by atoms with Crippen LogP contribution in [0.5, 0.6) is 5.75 Å². The van der Waals surface area contributed by atoms with Crippen molar-refractivity contribution in [3.63, 3.8) is 0 Å². The van der Waals surface area contributed by atoms with Crippen LogP contribution in [0.3, 0.4) is 0 Å². The maximum Gasteiger partial charge on any atom is 0.251 e. The van der Waals surface area contributed by atoms with Gasteiger partial charge in [-0.15, -0.1) is 0 Å². The molecule has 3 N–H and O–H groups in total. The molecule has 52 heavy (non-hydrogen) atoms. The quantitative estimate of drug-likeness (QED) is 0.188. The van der Waals surface area contributed by atoms with Gasteiger partial charge in [0.25, 0.3) is 5.91 Å². The Bertz CT molecular complexity index is 1720. The fourth-order valence-electron chi connectivity index (χ4n) is 9.40. The smallest absolute Gasteiger partial charge is 0.251 e. The largest absolute Gasteiger partial charge is 0.496 e. The average molecular weight is 709 g/mol. The number of para-hydroxylation sites is 1. The Balaban J connectivity index is 1.23. The van der Waals surface area contributed by atoms with Gasteiger partial charge in [0.2, 0.25) is 5.91 Å². The highest BCUT2D eigenvalue weighted by molar-refractivity contribution is 5.96. The molecule has 1 saturated heterocycles. The van der Waals surface area contributed by atoms with Gasteiger partial charge in [-0.2, -0.15) is 0 Å². The Kier molecular flexibility index (Phi) is 11.5. The maximum atomic E-state index is 14.0. The topological polar surface area (TPSA) is 94.1 Å². The standard InChI is InChI=1S/C44H60N4O4/c1-27(2)31-20-32(22-33(21-31)42(50)45-35(26-47(6)7)19-29-13-10-9-11-14-29)36-16-12-15-30(41(36)52-8)25-48-18-17-39(49)40(48)43(51)46-38-24-34-23-37(28(38)3)44(34,4)5/h9-16,20-22,27-28,34-35,37-40,49H,17-19,23-26H2,1-8H3,(H,45,50)(H,46,51)/t28-,34+,35-,37-,38-,39-,40-/m0/s1. The second-order valence-corrected chi connectivity index (χ2v) is 17.0. The van der Waals surface area contributed by atoms with Crippen LogP contribution in [0.1, 0.15) is 86.8 Å². The highest BCUT2D eigenvalue weighted by Crippen LogP contribution is 2.61. The molecule has 0 radical (unpaired) electrons. The number of likely N-dealkylation sites (N-methyl/N-ethyl adjacent to an activating group) is 1. The molecular formula is C44H60N4O4. The third kappa shape index (κ3) is 7.95. The zero-order chi connectivity index (χ0) is 37.3. The lowest BCUT2D eigenvalue weighted by atomic mass is 9.45. The number of carbonyl (C=O) groups excluding carboxylic acids is 2. The van der Waals surface area contributed by atoms with E-state index in [2.05, 4.69) is 73.3 Å². The molecule has 3 aromatic rings. The van der Waals surface area contributed by atoms with E-state index in [9.17, 15) is 14.7 Å². The van der Waals surface area contributed by atoms with E-state index >= 15 is 0 Å². The van der Waals surface area contributed by atoms with E-state index in [1.165, 1.54) is 12.0 Å². The van der Waals surface area contributed by atoms with Crippen LogP contribution in [-0.2, 0) is 17.8 Å². The van der Waals surface area contributed by atoms with Crippen LogP contribution in [0.15, 0.2) is 66.7 Å². The Labute approximate surface area is 311 Å². The first kappa shape index (κ1) is 38.0. The fourth-order valence-corrected chi connectivity index (χ4v) is 9.40. The van der Waals surface area contributed by atoms with E-state index in [-0.39, 0.29) is 29.8 Å². The molecule has 3 saturated carbocycles. The molecule has 2 bridgehead atoms. The number of hydrogen-bond donors (Lipinski definition) is 3. The summed E-state index contributed by atoms with van der Waals surface area (Å²) in [6.07, 6.45) is 2.83. The third-order valence-corrected chi connectivity index (χ3v) is 12.5. The number of aliphatic hydroxyl groups is 1. The van der Waals surface area contributed by atoms with Crippen molar-refractivity contribution in [1.82, 2.24) is 20.4 Å². The molecule has 0 unspecified atom stereocenters. The van der Waals surface area contributed by atoms with Crippen LogP contribution in [0.25, 0.3) is 11.1 Å². The predicted molar refractivity (Wildman–Crippen MR) is 208 cm³/mol. The molecule has 3 aliphatic carbocycles. The first-order chi connectivity index (χ1) is 24.8. The van der Waals surface area contributed by atoms with Crippen molar-refractivity contribution < 1.29 is 19.4 Å². The van der Waals surface area contributed by atoms with Gasteiger partial charge in [0.1, 0.15) is 11.8 Å². The van der Waals surface area contributed by atoms with E-state index < -0.39 is 12.1 Å². The van der Waals surface area contributed by atoms with Crippen LogP contribution in [0.2, 0.25) is 0 Å². The van der Waals surface area contributed by atoms with Gasteiger partial charge in [-0.3, -0.25) is 14.5 Å². The van der Waals surface area contributed by atoms with Crippen molar-refractivity contribution in [2.45, 2.75) is 97.0 Å². The van der Waals surface area contributed by atoms with Gasteiger partial charge in [-0.1, -0.05) is 89.2 Å². The van der Waals surface area contributed by atoms with Crippen LogP contribution < -0.4 is 15.4 Å². The minimum atomic E-state index is -0.721. The number of methoxy groups -OCH3 is 1. The Morgan fingerprint density at radius 3 is 2.44 bits per heavy atom. The Morgan fingerprint density at radius 2 is 1.79 bits per heavy atom. The molecule has 2 amide bonds. The van der Waals surface area contributed by atoms with Gasteiger partial charge in [0.05, 0.1) is 13.2 Å². The van der Waals surface area contributed by atoms with Crippen molar-refractivity contribution in [2.75, 3.05) is 34.3 Å². The molecule has 4 fully saturated rings. The molecule has 4 aliphatic rings. The SMILES string of the molecule is COc1c(CN2CC[C@H](O)[C@H]2C(=O)N[C@H]2C[C@H]3C[C@@H]([C@@H]2C)C3(C)C)cccc1-c1cc(C(=O)N[C@@H](Cc2ccccc2)CN(C)C)cc(C(C)C)c1. The summed E-state index contributed by atoms with van der Waals surface area (Å²) in [6, 6.07) is 21.9. The van der Waals surface area contributed by atoms with Crippen molar-refractivity contribution in [3.8, 4) is 16.9 Å².